The Hall–Kier alpha value is -0.580. The summed E-state index contributed by atoms with van der Waals surface area (Å²) in [6, 6.07) is 0.760. The van der Waals surface area contributed by atoms with Gasteiger partial charge >= 0.3 is 0 Å². The molecule has 0 aromatic heterocycles. The fourth-order valence-corrected chi connectivity index (χ4v) is 1.90. The Balaban J connectivity index is 0.00000121. The summed E-state index contributed by atoms with van der Waals surface area (Å²) >= 11 is 0. The fourth-order valence-electron chi connectivity index (χ4n) is 1.90. The number of rotatable bonds is 5. The van der Waals surface area contributed by atoms with Crippen LogP contribution in [0.3, 0.4) is 0 Å². The van der Waals surface area contributed by atoms with Gasteiger partial charge in [0, 0.05) is 32.7 Å². The van der Waals surface area contributed by atoms with Crippen molar-refractivity contribution in [2.75, 3.05) is 40.8 Å². The third kappa shape index (κ3) is 7.36. The van der Waals surface area contributed by atoms with Crippen molar-refractivity contribution >= 4 is 0 Å². The van der Waals surface area contributed by atoms with E-state index in [1.165, 1.54) is 12.8 Å². The summed E-state index contributed by atoms with van der Waals surface area (Å²) < 4.78 is 0. The predicted octanol–water partition coefficient (Wildman–Crippen LogP) is 1.28. The lowest BCUT2D eigenvalue weighted by Gasteiger charge is -2.35. The molecular weight excluding hydrogens is 212 g/mol. The van der Waals surface area contributed by atoms with Crippen molar-refractivity contribution in [1.29, 1.82) is 0 Å². The van der Waals surface area contributed by atoms with Crippen LogP contribution in [-0.2, 0) is 0 Å². The zero-order valence-electron chi connectivity index (χ0n) is 12.2. The van der Waals surface area contributed by atoms with Crippen LogP contribution in [0.1, 0.15) is 26.7 Å². The van der Waals surface area contributed by atoms with Gasteiger partial charge in [0.1, 0.15) is 0 Å². The van der Waals surface area contributed by atoms with E-state index in [2.05, 4.69) is 40.8 Å². The minimum Gasteiger partial charge on any atom is -0.394 e. The number of piperidine rings is 1. The fraction of sp³-hybridized carbons (Fsp3) is 0.846. The molecule has 0 saturated carbocycles. The van der Waals surface area contributed by atoms with Crippen LogP contribution in [0.5, 0.6) is 0 Å². The maximum Gasteiger partial charge on any atom is 0.0300 e. The highest BCUT2D eigenvalue weighted by Crippen LogP contribution is 2.11. The minimum absolute atomic E-state index is 0.760. The molecule has 1 fully saturated rings. The molecule has 0 unspecified atom stereocenters. The van der Waals surface area contributed by atoms with Gasteiger partial charge in [0.25, 0.3) is 0 Å². The SMILES string of the molecule is CC.CN/C=C\CNN1CCC(N(C)C)CC1. The molecule has 102 valence electrons. The number of hydrogen-bond donors (Lipinski definition) is 2. The van der Waals surface area contributed by atoms with Crippen molar-refractivity contribution in [3.8, 4) is 0 Å². The molecule has 0 aliphatic carbocycles. The maximum atomic E-state index is 3.40. The van der Waals surface area contributed by atoms with Crippen LogP contribution in [0.15, 0.2) is 12.3 Å². The normalized spacial score (nSPS) is 18.2. The summed E-state index contributed by atoms with van der Waals surface area (Å²) in [6.07, 6.45) is 6.57. The van der Waals surface area contributed by atoms with Gasteiger partial charge in [0.2, 0.25) is 0 Å². The zero-order valence-corrected chi connectivity index (χ0v) is 12.2. The Bertz CT molecular complexity index is 184. The van der Waals surface area contributed by atoms with Crippen LogP contribution in [0.4, 0.5) is 0 Å². The van der Waals surface area contributed by atoms with Crippen LogP contribution in [0, 0.1) is 0 Å². The summed E-state index contributed by atoms with van der Waals surface area (Å²) in [5.41, 5.74) is 3.40. The lowest BCUT2D eigenvalue weighted by molar-refractivity contribution is 0.106. The molecule has 0 radical (unpaired) electrons. The molecule has 1 heterocycles. The molecule has 1 aliphatic rings. The lowest BCUT2D eigenvalue weighted by Crippen LogP contribution is -2.48. The van der Waals surface area contributed by atoms with E-state index in [0.29, 0.717) is 0 Å². The monoisotopic (exact) mass is 242 g/mol. The summed E-state index contributed by atoms with van der Waals surface area (Å²) in [6.45, 7) is 7.21. The highest BCUT2D eigenvalue weighted by molar-refractivity contribution is 4.81. The summed E-state index contributed by atoms with van der Waals surface area (Å²) in [5, 5.41) is 5.30. The molecule has 0 atom stereocenters. The zero-order chi connectivity index (χ0) is 13.1. The van der Waals surface area contributed by atoms with Gasteiger partial charge in [-0.2, -0.15) is 0 Å². The van der Waals surface area contributed by atoms with E-state index in [4.69, 9.17) is 0 Å². The van der Waals surface area contributed by atoms with E-state index < -0.39 is 0 Å². The van der Waals surface area contributed by atoms with E-state index in [1.807, 2.05) is 27.1 Å². The van der Waals surface area contributed by atoms with Gasteiger partial charge in [0.15, 0.2) is 0 Å². The van der Waals surface area contributed by atoms with Crippen molar-refractivity contribution in [3.05, 3.63) is 12.3 Å². The van der Waals surface area contributed by atoms with E-state index in [9.17, 15) is 0 Å². The highest BCUT2D eigenvalue weighted by atomic mass is 15.5. The van der Waals surface area contributed by atoms with Gasteiger partial charge in [-0.25, -0.2) is 5.01 Å². The van der Waals surface area contributed by atoms with Gasteiger partial charge in [-0.15, -0.1) is 0 Å². The molecule has 0 bridgehead atoms. The third-order valence-electron chi connectivity index (χ3n) is 2.91. The first-order valence-corrected chi connectivity index (χ1v) is 6.71. The molecule has 1 saturated heterocycles. The van der Waals surface area contributed by atoms with Crippen LogP contribution in [-0.4, -0.2) is 56.7 Å². The van der Waals surface area contributed by atoms with E-state index in [1.54, 1.807) is 0 Å². The first-order chi connectivity index (χ1) is 8.24. The molecule has 17 heavy (non-hydrogen) atoms. The third-order valence-corrected chi connectivity index (χ3v) is 2.91. The van der Waals surface area contributed by atoms with Gasteiger partial charge < -0.3 is 10.2 Å². The van der Waals surface area contributed by atoms with Gasteiger partial charge in [-0.05, 0) is 33.1 Å². The molecular formula is C13H30N4. The van der Waals surface area contributed by atoms with Crippen molar-refractivity contribution in [2.45, 2.75) is 32.7 Å². The van der Waals surface area contributed by atoms with Crippen LogP contribution in [0.2, 0.25) is 0 Å². The molecule has 4 heteroatoms. The second kappa shape index (κ2) is 10.6. The molecule has 0 aromatic carbocycles. The molecule has 1 rings (SSSR count). The molecule has 4 nitrogen and oxygen atoms in total. The minimum atomic E-state index is 0.760. The molecule has 2 N–H and O–H groups in total. The maximum absolute atomic E-state index is 3.40. The van der Waals surface area contributed by atoms with Crippen molar-refractivity contribution in [2.24, 2.45) is 0 Å². The molecule has 0 amide bonds. The number of nitrogens with zero attached hydrogens (tertiary/aromatic N) is 2. The first kappa shape index (κ1) is 16.4. The molecule has 0 aromatic rings. The lowest BCUT2D eigenvalue weighted by atomic mass is 10.1. The van der Waals surface area contributed by atoms with Crippen LogP contribution in [0.25, 0.3) is 0 Å². The van der Waals surface area contributed by atoms with E-state index in [-0.39, 0.29) is 0 Å². The second-order valence-corrected chi connectivity index (χ2v) is 4.24. The second-order valence-electron chi connectivity index (χ2n) is 4.24. The topological polar surface area (TPSA) is 30.5 Å². The average Bonchev–Trinajstić information content (AvgIpc) is 2.38. The van der Waals surface area contributed by atoms with Crippen molar-refractivity contribution < 1.29 is 0 Å². The van der Waals surface area contributed by atoms with Gasteiger partial charge in [0.05, 0.1) is 0 Å². The van der Waals surface area contributed by atoms with Crippen molar-refractivity contribution in [1.82, 2.24) is 20.7 Å². The van der Waals surface area contributed by atoms with Crippen LogP contribution >= 0.6 is 0 Å². The van der Waals surface area contributed by atoms with Gasteiger partial charge in [-0.3, -0.25) is 5.43 Å². The summed E-state index contributed by atoms with van der Waals surface area (Å²) in [7, 11) is 6.26. The highest BCUT2D eigenvalue weighted by Gasteiger charge is 2.19. The standard InChI is InChI=1S/C11H24N4.C2H6/c1-12-7-4-8-13-15-9-5-11(6-10-15)14(2)3;1-2/h4,7,11-13H,5-6,8-10H2,1-3H3;1-2H3/b7-4-;. The smallest absolute Gasteiger partial charge is 0.0300 e. The Morgan fingerprint density at radius 1 is 1.24 bits per heavy atom. The molecule has 1 aliphatic heterocycles. The van der Waals surface area contributed by atoms with E-state index in [0.717, 1.165) is 25.7 Å². The Kier molecular flexibility index (Phi) is 10.2. The van der Waals surface area contributed by atoms with E-state index >= 15 is 0 Å². The molecule has 0 spiro atoms. The Morgan fingerprint density at radius 2 is 1.82 bits per heavy atom. The average molecular weight is 242 g/mol. The van der Waals surface area contributed by atoms with Crippen LogP contribution < -0.4 is 10.7 Å². The largest absolute Gasteiger partial charge is 0.394 e. The number of hydrazine groups is 1. The van der Waals surface area contributed by atoms with Crippen molar-refractivity contribution in [3.63, 3.8) is 0 Å². The predicted molar refractivity (Wildman–Crippen MR) is 75.8 cm³/mol. The Labute approximate surface area is 107 Å². The Morgan fingerprint density at radius 3 is 2.29 bits per heavy atom. The van der Waals surface area contributed by atoms with Gasteiger partial charge in [-0.1, -0.05) is 19.9 Å². The number of hydrogen-bond acceptors (Lipinski definition) is 4. The summed E-state index contributed by atoms with van der Waals surface area (Å²) in [4.78, 5) is 2.33. The first-order valence-electron chi connectivity index (χ1n) is 6.71. The number of nitrogens with one attached hydrogen (secondary N) is 2. The summed E-state index contributed by atoms with van der Waals surface area (Å²) in [5.74, 6) is 0. The quantitative estimate of drug-likeness (QED) is 0.760.